The minimum absolute atomic E-state index is 0.0639. The summed E-state index contributed by atoms with van der Waals surface area (Å²) in [6, 6.07) is 10.4. The fraction of sp³-hybridized carbons (Fsp3) is 0.350. The molecule has 1 aliphatic rings. The van der Waals surface area contributed by atoms with Gasteiger partial charge in [-0.3, -0.25) is 14.6 Å². The van der Waals surface area contributed by atoms with Gasteiger partial charge in [0.2, 0.25) is 5.91 Å². The highest BCUT2D eigenvalue weighted by molar-refractivity contribution is 6.31. The molecular formula is C20H22ClN3O4. The van der Waals surface area contributed by atoms with Crippen molar-refractivity contribution >= 4 is 23.4 Å². The molecule has 0 saturated carbocycles. The first-order chi connectivity index (χ1) is 13.4. The lowest BCUT2D eigenvalue weighted by Crippen LogP contribution is -2.58. The largest absolute Gasteiger partial charge is 0.490 e. The van der Waals surface area contributed by atoms with Gasteiger partial charge in [0, 0.05) is 17.8 Å². The Kier molecular flexibility index (Phi) is 6.16. The second-order valence-corrected chi connectivity index (χ2v) is 7.22. The van der Waals surface area contributed by atoms with E-state index >= 15 is 0 Å². The van der Waals surface area contributed by atoms with Crippen LogP contribution in [0.25, 0.3) is 0 Å². The van der Waals surface area contributed by atoms with Crippen molar-refractivity contribution in [1.29, 1.82) is 0 Å². The molecule has 0 radical (unpaired) electrons. The first kappa shape index (κ1) is 20.1. The highest BCUT2D eigenvalue weighted by atomic mass is 35.5. The Morgan fingerprint density at radius 2 is 2.18 bits per heavy atom. The van der Waals surface area contributed by atoms with Crippen molar-refractivity contribution in [2.75, 3.05) is 26.3 Å². The monoisotopic (exact) mass is 403 g/mol. The van der Waals surface area contributed by atoms with Gasteiger partial charge in [0.05, 0.1) is 19.6 Å². The highest BCUT2D eigenvalue weighted by Crippen LogP contribution is 2.27. The number of nitrogens with zero attached hydrogens (tertiary/aromatic N) is 2. The third-order valence-electron chi connectivity index (χ3n) is 4.55. The number of pyridine rings is 1. The van der Waals surface area contributed by atoms with Crippen LogP contribution in [0.3, 0.4) is 0 Å². The quantitative estimate of drug-likeness (QED) is 0.797. The molecule has 1 fully saturated rings. The summed E-state index contributed by atoms with van der Waals surface area (Å²) in [5.41, 5.74) is 5.63. The van der Waals surface area contributed by atoms with Crippen molar-refractivity contribution in [3.8, 4) is 5.75 Å². The minimum atomic E-state index is -1.03. The van der Waals surface area contributed by atoms with Gasteiger partial charge in [0.1, 0.15) is 23.7 Å². The van der Waals surface area contributed by atoms with Crippen LogP contribution in [-0.4, -0.2) is 53.6 Å². The summed E-state index contributed by atoms with van der Waals surface area (Å²) in [5, 5.41) is 0.639. The van der Waals surface area contributed by atoms with Crippen LogP contribution in [0, 0.1) is 6.92 Å². The van der Waals surface area contributed by atoms with Crippen molar-refractivity contribution < 1.29 is 19.1 Å². The molecular weight excluding hydrogens is 382 g/mol. The minimum Gasteiger partial charge on any atom is -0.490 e. The van der Waals surface area contributed by atoms with Gasteiger partial charge in [-0.15, -0.1) is 0 Å². The number of benzene rings is 1. The van der Waals surface area contributed by atoms with Gasteiger partial charge in [-0.1, -0.05) is 17.7 Å². The fourth-order valence-electron chi connectivity index (χ4n) is 3.15. The van der Waals surface area contributed by atoms with Gasteiger partial charge in [-0.2, -0.15) is 0 Å². The highest BCUT2D eigenvalue weighted by Gasteiger charge is 2.41. The lowest BCUT2D eigenvalue weighted by molar-refractivity contribution is -0.142. The first-order valence-corrected chi connectivity index (χ1v) is 9.28. The van der Waals surface area contributed by atoms with E-state index < -0.39 is 11.5 Å². The van der Waals surface area contributed by atoms with Crippen LogP contribution in [0.15, 0.2) is 42.6 Å². The molecule has 0 bridgehead atoms. The molecule has 1 unspecified atom stereocenters. The molecule has 3 rings (SSSR count). The Morgan fingerprint density at radius 3 is 2.86 bits per heavy atom. The molecule has 2 amide bonds. The fourth-order valence-corrected chi connectivity index (χ4v) is 3.27. The molecule has 2 heterocycles. The molecule has 1 atom stereocenters. The summed E-state index contributed by atoms with van der Waals surface area (Å²) < 4.78 is 11.8. The van der Waals surface area contributed by atoms with Gasteiger partial charge >= 0.3 is 0 Å². The molecule has 8 heteroatoms. The maximum absolute atomic E-state index is 12.8. The number of hydrogen-bond donors (Lipinski definition) is 1. The van der Waals surface area contributed by atoms with E-state index in [1.165, 1.54) is 0 Å². The summed E-state index contributed by atoms with van der Waals surface area (Å²) in [6.07, 6.45) is 1.50. The summed E-state index contributed by atoms with van der Waals surface area (Å²) in [5.74, 6) is -0.148. The molecule has 28 heavy (non-hydrogen) atoms. The molecule has 7 nitrogen and oxygen atoms in total. The van der Waals surface area contributed by atoms with Crippen molar-refractivity contribution in [3.63, 3.8) is 0 Å². The molecule has 0 spiro atoms. The number of hydrogen-bond acceptors (Lipinski definition) is 5. The third-order valence-corrected chi connectivity index (χ3v) is 4.97. The van der Waals surface area contributed by atoms with E-state index in [4.69, 9.17) is 26.8 Å². The van der Waals surface area contributed by atoms with Crippen molar-refractivity contribution in [2.24, 2.45) is 5.73 Å². The van der Waals surface area contributed by atoms with E-state index in [1.807, 2.05) is 6.92 Å². The number of aromatic nitrogens is 1. The molecule has 1 aromatic heterocycles. The lowest BCUT2D eigenvalue weighted by Gasteiger charge is -2.41. The third kappa shape index (κ3) is 4.79. The summed E-state index contributed by atoms with van der Waals surface area (Å²) in [4.78, 5) is 30.2. The number of carbonyl (C=O) groups is 2. The number of morpholine rings is 1. The summed E-state index contributed by atoms with van der Waals surface area (Å²) in [7, 11) is 0. The number of amides is 2. The molecule has 2 aromatic rings. The van der Waals surface area contributed by atoms with Crippen molar-refractivity contribution in [1.82, 2.24) is 9.88 Å². The van der Waals surface area contributed by atoms with Crippen molar-refractivity contribution in [2.45, 2.75) is 18.9 Å². The summed E-state index contributed by atoms with van der Waals surface area (Å²) >= 11 is 6.05. The van der Waals surface area contributed by atoms with Crippen LogP contribution < -0.4 is 10.5 Å². The SMILES string of the molecule is Cc1cc(OCC2(CC(N)=O)CN(C(=O)c3ccccn3)CCO2)ccc1Cl. The number of rotatable bonds is 6. The Hall–Kier alpha value is -2.64. The maximum atomic E-state index is 12.8. The number of nitrogens with two attached hydrogens (primary N) is 1. The topological polar surface area (TPSA) is 94.8 Å². The molecule has 2 N–H and O–H groups in total. The van der Waals surface area contributed by atoms with E-state index in [1.54, 1.807) is 47.5 Å². The van der Waals surface area contributed by atoms with Crippen LogP contribution in [0.1, 0.15) is 22.5 Å². The van der Waals surface area contributed by atoms with Gasteiger partial charge < -0.3 is 20.1 Å². The zero-order chi connectivity index (χ0) is 20.1. The Labute approximate surface area is 168 Å². The van der Waals surface area contributed by atoms with Gasteiger partial charge in [0.15, 0.2) is 0 Å². The van der Waals surface area contributed by atoms with Gasteiger partial charge in [-0.25, -0.2) is 0 Å². The van der Waals surface area contributed by atoms with Gasteiger partial charge in [0.25, 0.3) is 5.91 Å². The van der Waals surface area contributed by atoms with E-state index in [0.29, 0.717) is 23.0 Å². The maximum Gasteiger partial charge on any atom is 0.272 e. The Bertz CT molecular complexity index is 862. The normalized spacial score (nSPS) is 19.3. The average Bonchev–Trinajstić information content (AvgIpc) is 2.69. The summed E-state index contributed by atoms with van der Waals surface area (Å²) in [6.45, 7) is 2.80. The van der Waals surface area contributed by atoms with E-state index in [2.05, 4.69) is 4.98 Å². The van der Waals surface area contributed by atoms with Crippen LogP contribution in [0.5, 0.6) is 5.75 Å². The number of carbonyl (C=O) groups excluding carboxylic acids is 2. The van der Waals surface area contributed by atoms with E-state index in [0.717, 1.165) is 5.56 Å². The van der Waals surface area contributed by atoms with E-state index in [9.17, 15) is 9.59 Å². The van der Waals surface area contributed by atoms with Crippen LogP contribution in [0.4, 0.5) is 0 Å². The zero-order valence-electron chi connectivity index (χ0n) is 15.6. The second-order valence-electron chi connectivity index (χ2n) is 6.82. The number of aryl methyl sites for hydroxylation is 1. The number of halogens is 1. The zero-order valence-corrected chi connectivity index (χ0v) is 16.3. The van der Waals surface area contributed by atoms with Crippen molar-refractivity contribution in [3.05, 3.63) is 58.9 Å². The predicted molar refractivity (Wildman–Crippen MR) is 104 cm³/mol. The van der Waals surface area contributed by atoms with Gasteiger partial charge in [-0.05, 0) is 42.8 Å². The molecule has 1 aliphatic heterocycles. The first-order valence-electron chi connectivity index (χ1n) is 8.90. The molecule has 1 saturated heterocycles. The molecule has 148 valence electrons. The average molecular weight is 404 g/mol. The smallest absolute Gasteiger partial charge is 0.272 e. The number of ether oxygens (including phenoxy) is 2. The van der Waals surface area contributed by atoms with Crippen LogP contribution in [-0.2, 0) is 9.53 Å². The Morgan fingerprint density at radius 1 is 1.36 bits per heavy atom. The number of primary amides is 1. The standard InChI is InChI=1S/C20H22ClN3O4/c1-14-10-15(5-6-16(14)21)27-13-20(11-18(22)25)12-24(8-9-28-20)19(26)17-4-2-3-7-23-17/h2-7,10H,8-9,11-13H2,1H3,(H2,22,25). The lowest BCUT2D eigenvalue weighted by atomic mass is 9.97. The Balaban J connectivity index is 1.76. The van der Waals surface area contributed by atoms with Crippen LogP contribution >= 0.6 is 11.6 Å². The molecule has 0 aliphatic carbocycles. The van der Waals surface area contributed by atoms with Crippen LogP contribution in [0.2, 0.25) is 5.02 Å². The van der Waals surface area contributed by atoms with E-state index in [-0.39, 0.29) is 32.1 Å². The predicted octanol–water partition coefficient (Wildman–Crippen LogP) is 2.21. The molecule has 1 aromatic carbocycles. The second kappa shape index (κ2) is 8.58.